The minimum Gasteiger partial charge on any atom is -0.497 e. The average molecular weight is 193 g/mol. The summed E-state index contributed by atoms with van der Waals surface area (Å²) < 4.78 is 5.08. The van der Waals surface area contributed by atoms with E-state index in [-0.39, 0.29) is 0 Å². The fourth-order valence-corrected chi connectivity index (χ4v) is 1.69. The number of rotatable bonds is 3. The van der Waals surface area contributed by atoms with Crippen molar-refractivity contribution in [1.29, 1.82) is 0 Å². The summed E-state index contributed by atoms with van der Waals surface area (Å²) in [7, 11) is 1.67. The van der Waals surface area contributed by atoms with Crippen LogP contribution in [0.2, 0.25) is 0 Å². The zero-order chi connectivity index (χ0) is 9.97. The molecule has 1 aliphatic rings. The second-order valence-electron chi connectivity index (χ2n) is 3.65. The minimum absolute atomic E-state index is 0.298. The Balaban J connectivity index is 1.98. The first kappa shape index (κ1) is 9.34. The number of aliphatic hydroxyl groups excluding tert-OH is 1. The van der Waals surface area contributed by atoms with Crippen LogP contribution >= 0.6 is 0 Å². The van der Waals surface area contributed by atoms with Crippen LogP contribution in [0.4, 0.5) is 5.69 Å². The maximum atomic E-state index is 8.89. The predicted octanol–water partition coefficient (Wildman–Crippen LogP) is 1.12. The van der Waals surface area contributed by atoms with Gasteiger partial charge >= 0.3 is 0 Å². The zero-order valence-electron chi connectivity index (χ0n) is 8.31. The molecule has 0 spiro atoms. The second kappa shape index (κ2) is 3.88. The number of hydrogen-bond acceptors (Lipinski definition) is 3. The van der Waals surface area contributed by atoms with E-state index in [2.05, 4.69) is 4.90 Å². The normalized spacial score (nSPS) is 16.6. The maximum Gasteiger partial charge on any atom is 0.119 e. The average Bonchev–Trinajstić information content (AvgIpc) is 2.17. The molecular formula is C11H15NO2. The summed E-state index contributed by atoms with van der Waals surface area (Å²) in [6.07, 6.45) is 0. The monoisotopic (exact) mass is 193 g/mol. The highest BCUT2D eigenvalue weighted by Crippen LogP contribution is 2.25. The Kier molecular flexibility index (Phi) is 2.59. The summed E-state index contributed by atoms with van der Waals surface area (Å²) in [4.78, 5) is 2.25. The number of ether oxygens (including phenoxy) is 1. The van der Waals surface area contributed by atoms with Gasteiger partial charge in [0, 0.05) is 31.3 Å². The molecule has 14 heavy (non-hydrogen) atoms. The fraction of sp³-hybridized carbons (Fsp3) is 0.455. The Morgan fingerprint density at radius 1 is 1.36 bits per heavy atom. The standard InChI is InChI=1S/C11H15NO2/c1-14-11-4-2-10(3-5-11)12-6-9(7-12)8-13/h2-5,9,13H,6-8H2,1H3. The first-order valence-corrected chi connectivity index (χ1v) is 4.83. The van der Waals surface area contributed by atoms with E-state index in [9.17, 15) is 0 Å². The van der Waals surface area contributed by atoms with Gasteiger partial charge in [0.25, 0.3) is 0 Å². The van der Waals surface area contributed by atoms with Crippen LogP contribution in [0.3, 0.4) is 0 Å². The van der Waals surface area contributed by atoms with E-state index < -0.39 is 0 Å². The number of aliphatic hydroxyl groups is 1. The van der Waals surface area contributed by atoms with Crippen LogP contribution in [0.15, 0.2) is 24.3 Å². The molecule has 0 atom stereocenters. The molecule has 76 valence electrons. The Morgan fingerprint density at radius 2 is 2.00 bits per heavy atom. The van der Waals surface area contributed by atoms with E-state index in [0.29, 0.717) is 12.5 Å². The van der Waals surface area contributed by atoms with E-state index in [1.54, 1.807) is 7.11 Å². The maximum absolute atomic E-state index is 8.89. The quantitative estimate of drug-likeness (QED) is 0.781. The number of hydrogen-bond donors (Lipinski definition) is 1. The van der Waals surface area contributed by atoms with Gasteiger partial charge in [-0.1, -0.05) is 0 Å². The van der Waals surface area contributed by atoms with Crippen molar-refractivity contribution in [2.45, 2.75) is 0 Å². The van der Waals surface area contributed by atoms with Gasteiger partial charge in [-0.15, -0.1) is 0 Å². The third-order valence-corrected chi connectivity index (χ3v) is 2.65. The highest BCUT2D eigenvalue weighted by atomic mass is 16.5. The van der Waals surface area contributed by atoms with E-state index in [0.717, 1.165) is 18.8 Å². The Morgan fingerprint density at radius 3 is 2.50 bits per heavy atom. The van der Waals surface area contributed by atoms with Crippen molar-refractivity contribution in [3.05, 3.63) is 24.3 Å². The summed E-state index contributed by atoms with van der Waals surface area (Å²) in [5, 5.41) is 8.89. The number of nitrogens with zero attached hydrogens (tertiary/aromatic N) is 1. The second-order valence-corrected chi connectivity index (χ2v) is 3.65. The van der Waals surface area contributed by atoms with E-state index in [4.69, 9.17) is 9.84 Å². The van der Waals surface area contributed by atoms with Crippen LogP contribution in [0.1, 0.15) is 0 Å². The molecule has 0 amide bonds. The first-order chi connectivity index (χ1) is 6.83. The summed E-state index contributed by atoms with van der Waals surface area (Å²) in [5.74, 6) is 1.34. The van der Waals surface area contributed by atoms with Gasteiger partial charge in [-0.2, -0.15) is 0 Å². The van der Waals surface area contributed by atoms with Gasteiger partial charge in [0.05, 0.1) is 7.11 Å². The zero-order valence-corrected chi connectivity index (χ0v) is 8.31. The van der Waals surface area contributed by atoms with Crippen molar-refractivity contribution >= 4 is 5.69 Å². The Labute approximate surface area is 83.9 Å². The molecular weight excluding hydrogens is 178 g/mol. The summed E-state index contributed by atoms with van der Waals surface area (Å²) in [6.45, 7) is 2.22. The molecule has 0 saturated carbocycles. The van der Waals surface area contributed by atoms with Crippen LogP contribution in [-0.2, 0) is 0 Å². The van der Waals surface area contributed by atoms with E-state index >= 15 is 0 Å². The molecule has 3 heteroatoms. The largest absolute Gasteiger partial charge is 0.497 e. The van der Waals surface area contributed by atoms with Crippen molar-refractivity contribution < 1.29 is 9.84 Å². The van der Waals surface area contributed by atoms with Crippen molar-refractivity contribution in [3.63, 3.8) is 0 Å². The highest BCUT2D eigenvalue weighted by molar-refractivity contribution is 5.51. The number of methoxy groups -OCH3 is 1. The lowest BCUT2D eigenvalue weighted by Crippen LogP contribution is -2.48. The SMILES string of the molecule is COc1ccc(N2CC(CO)C2)cc1. The molecule has 1 N–H and O–H groups in total. The smallest absolute Gasteiger partial charge is 0.119 e. The van der Waals surface area contributed by atoms with Crippen molar-refractivity contribution in [1.82, 2.24) is 0 Å². The van der Waals surface area contributed by atoms with Gasteiger partial charge in [0.15, 0.2) is 0 Å². The van der Waals surface area contributed by atoms with Gasteiger partial charge in [-0.3, -0.25) is 0 Å². The molecule has 1 saturated heterocycles. The molecule has 1 heterocycles. The van der Waals surface area contributed by atoms with Crippen LogP contribution in [-0.4, -0.2) is 31.9 Å². The summed E-state index contributed by atoms with van der Waals surface area (Å²) in [6, 6.07) is 8.02. The number of benzene rings is 1. The van der Waals surface area contributed by atoms with Gasteiger partial charge in [-0.05, 0) is 24.3 Å². The lowest BCUT2D eigenvalue weighted by molar-refractivity contribution is 0.201. The Hall–Kier alpha value is -1.22. The van der Waals surface area contributed by atoms with Gasteiger partial charge in [0.1, 0.15) is 5.75 Å². The van der Waals surface area contributed by atoms with Crippen LogP contribution in [0.25, 0.3) is 0 Å². The molecule has 1 aliphatic heterocycles. The number of anilines is 1. The van der Waals surface area contributed by atoms with Gasteiger partial charge < -0.3 is 14.7 Å². The van der Waals surface area contributed by atoms with Crippen molar-refractivity contribution in [2.24, 2.45) is 5.92 Å². The fourth-order valence-electron chi connectivity index (χ4n) is 1.69. The van der Waals surface area contributed by atoms with Gasteiger partial charge in [0.2, 0.25) is 0 Å². The molecule has 1 aromatic carbocycles. The third kappa shape index (κ3) is 1.68. The molecule has 0 unspecified atom stereocenters. The topological polar surface area (TPSA) is 32.7 Å². The van der Waals surface area contributed by atoms with Crippen LogP contribution < -0.4 is 9.64 Å². The van der Waals surface area contributed by atoms with E-state index in [1.165, 1.54) is 5.69 Å². The predicted molar refractivity (Wildman–Crippen MR) is 55.8 cm³/mol. The molecule has 0 radical (unpaired) electrons. The van der Waals surface area contributed by atoms with Crippen LogP contribution in [0.5, 0.6) is 5.75 Å². The third-order valence-electron chi connectivity index (χ3n) is 2.65. The Bertz CT molecular complexity index is 291. The van der Waals surface area contributed by atoms with E-state index in [1.807, 2.05) is 24.3 Å². The molecule has 3 nitrogen and oxygen atoms in total. The molecule has 2 rings (SSSR count). The first-order valence-electron chi connectivity index (χ1n) is 4.83. The van der Waals surface area contributed by atoms with Crippen molar-refractivity contribution in [3.8, 4) is 5.75 Å². The minimum atomic E-state index is 0.298. The molecule has 0 bridgehead atoms. The lowest BCUT2D eigenvalue weighted by atomic mass is 10.0. The molecule has 1 fully saturated rings. The molecule has 1 aromatic rings. The highest BCUT2D eigenvalue weighted by Gasteiger charge is 2.25. The summed E-state index contributed by atoms with van der Waals surface area (Å²) in [5.41, 5.74) is 1.20. The molecule has 0 aromatic heterocycles. The molecule has 0 aliphatic carbocycles. The summed E-state index contributed by atoms with van der Waals surface area (Å²) >= 11 is 0. The van der Waals surface area contributed by atoms with Gasteiger partial charge in [-0.25, -0.2) is 0 Å². The van der Waals surface area contributed by atoms with Crippen molar-refractivity contribution in [2.75, 3.05) is 31.7 Å². The lowest BCUT2D eigenvalue weighted by Gasteiger charge is -2.40. The van der Waals surface area contributed by atoms with Crippen LogP contribution in [0, 0.1) is 5.92 Å².